The summed E-state index contributed by atoms with van der Waals surface area (Å²) in [5, 5.41) is 2.90. The third-order valence-corrected chi connectivity index (χ3v) is 4.88. The first-order valence-corrected chi connectivity index (χ1v) is 8.74. The molecule has 24 heavy (non-hydrogen) atoms. The number of carbonyl (C=O) groups is 2. The lowest BCUT2D eigenvalue weighted by Gasteiger charge is -2.43. The lowest BCUT2D eigenvalue weighted by molar-refractivity contribution is -0.129. The molecule has 0 radical (unpaired) electrons. The van der Waals surface area contributed by atoms with Gasteiger partial charge in [0.05, 0.1) is 12.9 Å². The molecule has 1 saturated heterocycles. The molecular weight excluding hydrogens is 308 g/mol. The average molecular weight is 334 g/mol. The predicted octanol–water partition coefficient (Wildman–Crippen LogP) is 2.55. The van der Waals surface area contributed by atoms with Gasteiger partial charge in [0.2, 0.25) is 5.91 Å². The second-order valence-corrected chi connectivity index (χ2v) is 7.29. The summed E-state index contributed by atoms with van der Waals surface area (Å²) in [6.07, 6.45) is 5.10. The number of amides is 2. The number of furan rings is 1. The normalized spacial score (nSPS) is 30.1. The van der Waals surface area contributed by atoms with Gasteiger partial charge in [-0.05, 0) is 51.2 Å². The molecule has 0 aromatic carbocycles. The molecule has 2 heterocycles. The minimum Gasteiger partial charge on any atom is -0.459 e. The Morgan fingerprint density at radius 3 is 2.83 bits per heavy atom. The summed E-state index contributed by atoms with van der Waals surface area (Å²) in [6.45, 7) is 6.22. The molecule has 1 aromatic heterocycles. The molecule has 3 atom stereocenters. The van der Waals surface area contributed by atoms with Crippen LogP contribution in [0.25, 0.3) is 0 Å². The number of hydrogen-bond acceptors (Lipinski definition) is 4. The zero-order valence-electron chi connectivity index (χ0n) is 14.6. The SMILES string of the molecule is CC(C)NC(=O)[C@@H]1CO[C@@]2(CCC[C@@H](C)C2)N1C(=O)c1ccco1. The van der Waals surface area contributed by atoms with Crippen LogP contribution in [-0.2, 0) is 9.53 Å². The van der Waals surface area contributed by atoms with E-state index in [9.17, 15) is 9.59 Å². The quantitative estimate of drug-likeness (QED) is 0.922. The van der Waals surface area contributed by atoms with Crippen LogP contribution in [0.15, 0.2) is 22.8 Å². The molecule has 6 nitrogen and oxygen atoms in total. The standard InChI is InChI=1S/C18H26N2O4/c1-12(2)19-16(21)14-11-24-18(8-4-6-13(3)10-18)20(14)17(22)15-7-5-9-23-15/h5,7,9,12-14H,4,6,8,10-11H2,1-3H3,(H,19,21)/t13-,14+,18-/m1/s1. The second-order valence-electron chi connectivity index (χ2n) is 7.29. The van der Waals surface area contributed by atoms with Gasteiger partial charge in [-0.2, -0.15) is 0 Å². The van der Waals surface area contributed by atoms with Gasteiger partial charge < -0.3 is 14.5 Å². The molecule has 1 saturated carbocycles. The lowest BCUT2D eigenvalue weighted by atomic mass is 9.83. The maximum Gasteiger partial charge on any atom is 0.292 e. The minimum absolute atomic E-state index is 0.0138. The van der Waals surface area contributed by atoms with E-state index in [1.807, 2.05) is 13.8 Å². The van der Waals surface area contributed by atoms with Crippen molar-refractivity contribution in [2.75, 3.05) is 6.61 Å². The summed E-state index contributed by atoms with van der Waals surface area (Å²) >= 11 is 0. The van der Waals surface area contributed by atoms with Crippen molar-refractivity contribution < 1.29 is 18.7 Å². The van der Waals surface area contributed by atoms with Gasteiger partial charge in [0, 0.05) is 6.04 Å². The molecule has 0 bridgehead atoms. The number of hydrogen-bond donors (Lipinski definition) is 1. The first-order valence-electron chi connectivity index (χ1n) is 8.74. The first-order chi connectivity index (χ1) is 11.4. The highest BCUT2D eigenvalue weighted by molar-refractivity contribution is 5.96. The first kappa shape index (κ1) is 17.0. The molecule has 1 aromatic rings. The van der Waals surface area contributed by atoms with Crippen LogP contribution in [0.4, 0.5) is 0 Å². The van der Waals surface area contributed by atoms with E-state index in [2.05, 4.69) is 12.2 Å². The smallest absolute Gasteiger partial charge is 0.292 e. The monoisotopic (exact) mass is 334 g/mol. The van der Waals surface area contributed by atoms with Gasteiger partial charge in [-0.25, -0.2) is 0 Å². The summed E-state index contributed by atoms with van der Waals surface area (Å²) in [4.78, 5) is 27.3. The van der Waals surface area contributed by atoms with Gasteiger partial charge in [-0.1, -0.05) is 13.3 Å². The largest absolute Gasteiger partial charge is 0.459 e. The van der Waals surface area contributed by atoms with E-state index >= 15 is 0 Å². The van der Waals surface area contributed by atoms with E-state index in [1.165, 1.54) is 6.26 Å². The van der Waals surface area contributed by atoms with Gasteiger partial charge in [-0.15, -0.1) is 0 Å². The van der Waals surface area contributed by atoms with Crippen molar-refractivity contribution >= 4 is 11.8 Å². The van der Waals surface area contributed by atoms with Gasteiger partial charge in [0.15, 0.2) is 5.76 Å². The number of nitrogens with zero attached hydrogens (tertiary/aromatic N) is 1. The highest BCUT2D eigenvalue weighted by atomic mass is 16.5. The Hall–Kier alpha value is -1.82. The van der Waals surface area contributed by atoms with Gasteiger partial charge in [0.1, 0.15) is 11.8 Å². The predicted molar refractivity (Wildman–Crippen MR) is 88.3 cm³/mol. The van der Waals surface area contributed by atoms with Crippen LogP contribution in [0.5, 0.6) is 0 Å². The molecule has 6 heteroatoms. The third-order valence-electron chi connectivity index (χ3n) is 4.88. The summed E-state index contributed by atoms with van der Waals surface area (Å²) in [5.41, 5.74) is -0.694. The van der Waals surface area contributed by atoms with E-state index < -0.39 is 11.8 Å². The summed E-state index contributed by atoms with van der Waals surface area (Å²) < 4.78 is 11.4. The van der Waals surface area contributed by atoms with Crippen molar-refractivity contribution in [3.8, 4) is 0 Å². The Labute approximate surface area is 142 Å². The van der Waals surface area contributed by atoms with Crippen LogP contribution in [0, 0.1) is 5.92 Å². The van der Waals surface area contributed by atoms with E-state index in [-0.39, 0.29) is 30.2 Å². The Balaban J connectivity index is 1.92. The molecule has 1 N–H and O–H groups in total. The molecular formula is C18H26N2O4. The maximum absolute atomic E-state index is 13.1. The van der Waals surface area contributed by atoms with Gasteiger partial charge >= 0.3 is 0 Å². The molecule has 1 aliphatic carbocycles. The van der Waals surface area contributed by atoms with E-state index in [4.69, 9.17) is 9.15 Å². The number of carbonyl (C=O) groups excluding carboxylic acids is 2. The summed E-state index contributed by atoms with van der Waals surface area (Å²) in [5.74, 6) is 0.272. The maximum atomic E-state index is 13.1. The fourth-order valence-electron chi connectivity index (χ4n) is 3.91. The van der Waals surface area contributed by atoms with Crippen LogP contribution in [0.3, 0.4) is 0 Å². The van der Waals surface area contributed by atoms with E-state index in [1.54, 1.807) is 17.0 Å². The van der Waals surface area contributed by atoms with Crippen molar-refractivity contribution in [1.29, 1.82) is 0 Å². The molecule has 132 valence electrons. The van der Waals surface area contributed by atoms with Crippen LogP contribution >= 0.6 is 0 Å². The van der Waals surface area contributed by atoms with Crippen molar-refractivity contribution in [3.63, 3.8) is 0 Å². The van der Waals surface area contributed by atoms with Crippen LogP contribution in [0.1, 0.15) is 57.0 Å². The number of rotatable bonds is 3. The number of ether oxygens (including phenoxy) is 1. The summed E-state index contributed by atoms with van der Waals surface area (Å²) in [7, 11) is 0. The van der Waals surface area contributed by atoms with Crippen molar-refractivity contribution in [2.24, 2.45) is 5.92 Å². The second kappa shape index (κ2) is 6.59. The Bertz CT molecular complexity index is 598. The fraction of sp³-hybridized carbons (Fsp3) is 0.667. The van der Waals surface area contributed by atoms with Crippen molar-refractivity contribution in [2.45, 2.75) is 64.3 Å². The van der Waals surface area contributed by atoms with Crippen LogP contribution in [-0.4, -0.2) is 41.1 Å². The molecule has 2 fully saturated rings. The Morgan fingerprint density at radius 1 is 1.42 bits per heavy atom. The zero-order valence-corrected chi connectivity index (χ0v) is 14.6. The molecule has 1 spiro atoms. The Kier molecular flexibility index (Phi) is 4.67. The van der Waals surface area contributed by atoms with Crippen LogP contribution in [0.2, 0.25) is 0 Å². The molecule has 1 aliphatic heterocycles. The molecule has 3 rings (SSSR count). The zero-order chi connectivity index (χ0) is 17.3. The highest BCUT2D eigenvalue weighted by Crippen LogP contribution is 2.43. The van der Waals surface area contributed by atoms with Gasteiger partial charge in [-0.3, -0.25) is 14.5 Å². The van der Waals surface area contributed by atoms with Crippen molar-refractivity contribution in [3.05, 3.63) is 24.2 Å². The number of nitrogens with one attached hydrogen (secondary N) is 1. The van der Waals surface area contributed by atoms with E-state index in [0.29, 0.717) is 5.92 Å². The highest BCUT2D eigenvalue weighted by Gasteiger charge is 2.54. The molecule has 2 aliphatic rings. The summed E-state index contributed by atoms with van der Waals surface area (Å²) in [6, 6.07) is 2.72. The molecule has 2 amide bonds. The topological polar surface area (TPSA) is 71.8 Å². The average Bonchev–Trinajstić information content (AvgIpc) is 3.14. The van der Waals surface area contributed by atoms with Gasteiger partial charge in [0.25, 0.3) is 5.91 Å². The minimum atomic E-state index is -0.694. The van der Waals surface area contributed by atoms with Crippen LogP contribution < -0.4 is 5.32 Å². The lowest BCUT2D eigenvalue weighted by Crippen LogP contribution is -2.57. The van der Waals surface area contributed by atoms with E-state index in [0.717, 1.165) is 25.7 Å². The van der Waals surface area contributed by atoms with Crippen molar-refractivity contribution in [1.82, 2.24) is 10.2 Å². The Morgan fingerprint density at radius 2 is 2.21 bits per heavy atom. The third kappa shape index (κ3) is 3.07. The molecule has 0 unspecified atom stereocenters. The fourth-order valence-corrected chi connectivity index (χ4v) is 3.91.